The van der Waals surface area contributed by atoms with Gasteiger partial charge in [-0.2, -0.15) is 8.78 Å². The molecule has 0 aliphatic carbocycles. The summed E-state index contributed by atoms with van der Waals surface area (Å²) in [5.74, 6) is -0.354. The minimum Gasteiger partial charge on any atom is -0.434 e. The molecule has 3 aromatic rings. The van der Waals surface area contributed by atoms with Gasteiger partial charge in [0.15, 0.2) is 6.17 Å². The average molecular weight is 415 g/mol. The summed E-state index contributed by atoms with van der Waals surface area (Å²) in [5.41, 5.74) is 1.28. The molecule has 0 spiro atoms. The Labute approximate surface area is 148 Å². The van der Waals surface area contributed by atoms with Crippen molar-refractivity contribution < 1.29 is 22.3 Å². The van der Waals surface area contributed by atoms with Crippen molar-refractivity contribution in [2.45, 2.75) is 25.2 Å². The van der Waals surface area contributed by atoms with Gasteiger partial charge in [0.25, 0.3) is 0 Å². The van der Waals surface area contributed by atoms with Crippen LogP contribution in [0.5, 0.6) is 5.75 Å². The van der Waals surface area contributed by atoms with E-state index in [2.05, 4.69) is 25.7 Å². The second kappa shape index (κ2) is 6.01. The Kier molecular flexibility index (Phi) is 3.94. The first kappa shape index (κ1) is 16.4. The summed E-state index contributed by atoms with van der Waals surface area (Å²) in [6, 6.07) is 8.45. The van der Waals surface area contributed by atoms with E-state index < -0.39 is 24.6 Å². The number of hydrogen-bond acceptors (Lipinski definition) is 2. The Hall–Kier alpha value is -2.09. The van der Waals surface area contributed by atoms with E-state index in [0.717, 1.165) is 0 Å². The van der Waals surface area contributed by atoms with Gasteiger partial charge in [0.1, 0.15) is 17.4 Å². The van der Waals surface area contributed by atoms with Crippen molar-refractivity contribution in [1.29, 1.82) is 0 Å². The lowest BCUT2D eigenvalue weighted by atomic mass is 10.0. The molecule has 0 unspecified atom stereocenters. The van der Waals surface area contributed by atoms with E-state index >= 15 is 0 Å². The molecule has 0 fully saturated rings. The second-order valence-electron chi connectivity index (χ2n) is 5.73. The van der Waals surface area contributed by atoms with E-state index in [1.165, 1.54) is 18.2 Å². The molecule has 1 aromatic heterocycles. The number of halogens is 5. The van der Waals surface area contributed by atoms with Gasteiger partial charge in [0.05, 0.1) is 21.5 Å². The highest BCUT2D eigenvalue weighted by Crippen LogP contribution is 2.45. The van der Waals surface area contributed by atoms with Crippen LogP contribution in [0.4, 0.5) is 17.6 Å². The molecule has 2 heterocycles. The maximum atomic E-state index is 14.5. The molecule has 3 nitrogen and oxygen atoms in total. The molecule has 0 radical (unpaired) electrons. The van der Waals surface area contributed by atoms with Crippen LogP contribution >= 0.6 is 15.9 Å². The zero-order chi connectivity index (χ0) is 17.7. The molecule has 1 aliphatic rings. The van der Waals surface area contributed by atoms with Crippen molar-refractivity contribution in [2.75, 3.05) is 0 Å². The number of imidazole rings is 1. The standard InChI is InChI=1S/C17H11BrF4N2O/c18-9-5-14-12(6-10(9)19)23-16-11(20)7-13(24(14)16)8-3-1-2-4-15(8)25-17(21)22/h1-6,11,13,17H,7H2/t11-,13+/m0/s1. The summed E-state index contributed by atoms with van der Waals surface area (Å²) in [5, 5.41) is 0. The molecule has 8 heteroatoms. The summed E-state index contributed by atoms with van der Waals surface area (Å²) >= 11 is 3.11. The molecule has 0 bridgehead atoms. The molecule has 1 aliphatic heterocycles. The average Bonchev–Trinajstić information content (AvgIpc) is 3.06. The van der Waals surface area contributed by atoms with Crippen LogP contribution in [-0.4, -0.2) is 16.2 Å². The van der Waals surface area contributed by atoms with Crippen molar-refractivity contribution in [3.8, 4) is 5.75 Å². The number of fused-ring (bicyclic) bond motifs is 3. The van der Waals surface area contributed by atoms with E-state index in [4.69, 9.17) is 0 Å². The van der Waals surface area contributed by atoms with Crippen LogP contribution in [-0.2, 0) is 0 Å². The lowest BCUT2D eigenvalue weighted by molar-refractivity contribution is -0.0507. The van der Waals surface area contributed by atoms with E-state index in [-0.39, 0.29) is 22.5 Å². The van der Waals surface area contributed by atoms with Crippen molar-refractivity contribution >= 4 is 27.0 Å². The molecule has 2 atom stereocenters. The number of ether oxygens (including phenoxy) is 1. The molecular formula is C17H11BrF4N2O. The summed E-state index contributed by atoms with van der Waals surface area (Å²) < 4.78 is 60.1. The first-order valence-corrected chi connectivity index (χ1v) is 8.29. The lowest BCUT2D eigenvalue weighted by Crippen LogP contribution is -2.10. The monoisotopic (exact) mass is 414 g/mol. The Morgan fingerprint density at radius 1 is 1.24 bits per heavy atom. The van der Waals surface area contributed by atoms with Gasteiger partial charge in [0.2, 0.25) is 0 Å². The minimum atomic E-state index is -2.98. The highest BCUT2D eigenvalue weighted by Gasteiger charge is 2.36. The largest absolute Gasteiger partial charge is 0.434 e. The van der Waals surface area contributed by atoms with Crippen LogP contribution in [0.2, 0.25) is 0 Å². The molecule has 2 aromatic carbocycles. The minimum absolute atomic E-state index is 0.00872. The molecule has 0 N–H and O–H groups in total. The van der Waals surface area contributed by atoms with Gasteiger partial charge in [-0.15, -0.1) is 0 Å². The fourth-order valence-corrected chi connectivity index (χ4v) is 3.62. The number of aromatic nitrogens is 2. The van der Waals surface area contributed by atoms with Gasteiger partial charge in [-0.1, -0.05) is 18.2 Å². The zero-order valence-corrected chi connectivity index (χ0v) is 14.2. The van der Waals surface area contributed by atoms with E-state index in [1.807, 2.05) is 0 Å². The second-order valence-corrected chi connectivity index (χ2v) is 6.58. The summed E-state index contributed by atoms with van der Waals surface area (Å²) in [7, 11) is 0. The maximum Gasteiger partial charge on any atom is 0.387 e. The number of para-hydroxylation sites is 1. The summed E-state index contributed by atoms with van der Waals surface area (Å²) in [4.78, 5) is 4.18. The predicted octanol–water partition coefficient (Wildman–Crippen LogP) is 5.54. The third-order valence-electron chi connectivity index (χ3n) is 4.27. The van der Waals surface area contributed by atoms with Crippen LogP contribution in [0, 0.1) is 5.82 Å². The smallest absolute Gasteiger partial charge is 0.387 e. The number of nitrogens with zero attached hydrogens (tertiary/aromatic N) is 2. The first-order valence-electron chi connectivity index (χ1n) is 7.50. The zero-order valence-electron chi connectivity index (χ0n) is 12.6. The Morgan fingerprint density at radius 3 is 2.76 bits per heavy atom. The Balaban J connectivity index is 1.90. The van der Waals surface area contributed by atoms with Crippen LogP contribution in [0.3, 0.4) is 0 Å². The molecule has 0 saturated heterocycles. The SMILES string of the molecule is Fc1cc2nc3n(c2cc1Br)[C@@H](c1ccccc1OC(F)F)C[C@@H]3F. The van der Waals surface area contributed by atoms with Crippen LogP contribution in [0.25, 0.3) is 11.0 Å². The number of hydrogen-bond donors (Lipinski definition) is 0. The number of benzene rings is 2. The normalized spacial score (nSPS) is 19.6. The van der Waals surface area contributed by atoms with Crippen molar-refractivity contribution in [3.05, 3.63) is 58.1 Å². The predicted molar refractivity (Wildman–Crippen MR) is 87.1 cm³/mol. The van der Waals surface area contributed by atoms with Gasteiger partial charge in [-0.05, 0) is 28.1 Å². The fraction of sp³-hybridized carbons (Fsp3) is 0.235. The molecule has 4 rings (SSSR count). The van der Waals surface area contributed by atoms with Gasteiger partial charge < -0.3 is 9.30 Å². The fourth-order valence-electron chi connectivity index (χ4n) is 3.29. The maximum absolute atomic E-state index is 14.5. The molecule has 25 heavy (non-hydrogen) atoms. The summed E-state index contributed by atoms with van der Waals surface area (Å²) in [6.45, 7) is -2.98. The summed E-state index contributed by atoms with van der Waals surface area (Å²) in [6.07, 6.45) is -1.32. The molecule has 0 amide bonds. The van der Waals surface area contributed by atoms with E-state index in [0.29, 0.717) is 16.6 Å². The molecular weight excluding hydrogens is 404 g/mol. The van der Waals surface area contributed by atoms with Crippen molar-refractivity contribution in [2.24, 2.45) is 0 Å². The Bertz CT molecular complexity index is 959. The van der Waals surface area contributed by atoms with E-state index in [1.54, 1.807) is 22.8 Å². The van der Waals surface area contributed by atoms with Crippen molar-refractivity contribution in [1.82, 2.24) is 9.55 Å². The van der Waals surface area contributed by atoms with Gasteiger partial charge >= 0.3 is 6.61 Å². The van der Waals surface area contributed by atoms with E-state index in [9.17, 15) is 17.6 Å². The van der Waals surface area contributed by atoms with Gasteiger partial charge in [-0.25, -0.2) is 13.8 Å². The Morgan fingerprint density at radius 2 is 2.00 bits per heavy atom. The van der Waals surface area contributed by atoms with Crippen LogP contribution in [0.15, 0.2) is 40.9 Å². The van der Waals surface area contributed by atoms with Gasteiger partial charge in [0, 0.05) is 18.1 Å². The third kappa shape index (κ3) is 2.68. The molecule has 0 saturated carbocycles. The quantitative estimate of drug-likeness (QED) is 0.525. The lowest BCUT2D eigenvalue weighted by Gasteiger charge is -2.18. The first-order chi connectivity index (χ1) is 12.0. The highest BCUT2D eigenvalue weighted by molar-refractivity contribution is 9.10. The topological polar surface area (TPSA) is 27.1 Å². The van der Waals surface area contributed by atoms with Gasteiger partial charge in [-0.3, -0.25) is 0 Å². The van der Waals surface area contributed by atoms with Crippen LogP contribution < -0.4 is 4.74 Å². The number of rotatable bonds is 3. The third-order valence-corrected chi connectivity index (χ3v) is 4.88. The van der Waals surface area contributed by atoms with Crippen LogP contribution in [0.1, 0.15) is 30.0 Å². The number of alkyl halides is 3. The highest BCUT2D eigenvalue weighted by atomic mass is 79.9. The van der Waals surface area contributed by atoms with Crippen molar-refractivity contribution in [3.63, 3.8) is 0 Å². The molecule has 130 valence electrons.